The van der Waals surface area contributed by atoms with Crippen LogP contribution in [0.4, 0.5) is 0 Å². The molecule has 0 aliphatic carbocycles. The van der Waals surface area contributed by atoms with Gasteiger partial charge in [0.1, 0.15) is 0 Å². The quantitative estimate of drug-likeness (QED) is 0.677. The maximum Gasteiger partial charge on any atom is 0.336 e. The molecule has 1 saturated heterocycles. The monoisotopic (exact) mass is 417 g/mol. The van der Waals surface area contributed by atoms with Gasteiger partial charge in [0, 0.05) is 25.6 Å². The highest BCUT2D eigenvalue weighted by molar-refractivity contribution is 5.98. The number of methoxy groups -OCH3 is 2. The fraction of sp³-hybridized carbons (Fsp3) is 0.455. The van der Waals surface area contributed by atoms with E-state index in [-0.39, 0.29) is 28.7 Å². The largest absolute Gasteiger partial charge is 0.504 e. The van der Waals surface area contributed by atoms with Gasteiger partial charge < -0.3 is 29.0 Å². The molecule has 1 aromatic rings. The SMILES string of the molecule is CCOc1cc(C2C(C(=O)OC)=CN(CC3CCCO3)C=C2C(=O)OC)ccc1O. The van der Waals surface area contributed by atoms with Crippen molar-refractivity contribution in [2.75, 3.05) is 34.0 Å². The lowest BCUT2D eigenvalue weighted by atomic mass is 9.83. The Balaban J connectivity index is 2.05. The van der Waals surface area contributed by atoms with Crippen molar-refractivity contribution in [1.29, 1.82) is 0 Å². The van der Waals surface area contributed by atoms with Crippen LogP contribution in [-0.4, -0.2) is 62.0 Å². The number of nitrogens with zero attached hydrogens (tertiary/aromatic N) is 1. The van der Waals surface area contributed by atoms with E-state index in [0.717, 1.165) is 12.8 Å². The summed E-state index contributed by atoms with van der Waals surface area (Å²) in [5.41, 5.74) is 1.17. The number of esters is 2. The number of phenols is 1. The molecule has 0 spiro atoms. The molecule has 2 heterocycles. The molecule has 1 aromatic carbocycles. The van der Waals surface area contributed by atoms with Crippen molar-refractivity contribution in [3.8, 4) is 11.5 Å². The zero-order chi connectivity index (χ0) is 21.7. The van der Waals surface area contributed by atoms with Gasteiger partial charge in [-0.1, -0.05) is 6.07 Å². The molecule has 0 radical (unpaired) electrons. The first kappa shape index (κ1) is 21.7. The minimum absolute atomic E-state index is 0.0186. The van der Waals surface area contributed by atoms with E-state index in [4.69, 9.17) is 18.9 Å². The summed E-state index contributed by atoms with van der Waals surface area (Å²) in [7, 11) is 2.59. The minimum Gasteiger partial charge on any atom is -0.504 e. The highest BCUT2D eigenvalue weighted by Crippen LogP contribution is 2.40. The molecule has 1 unspecified atom stereocenters. The summed E-state index contributed by atoms with van der Waals surface area (Å²) < 4.78 is 21.2. The van der Waals surface area contributed by atoms with Gasteiger partial charge in [0.15, 0.2) is 11.5 Å². The van der Waals surface area contributed by atoms with Gasteiger partial charge in [0.2, 0.25) is 0 Å². The first-order valence-electron chi connectivity index (χ1n) is 9.91. The van der Waals surface area contributed by atoms with Crippen LogP contribution in [-0.2, 0) is 23.8 Å². The van der Waals surface area contributed by atoms with E-state index in [1.54, 1.807) is 36.4 Å². The topological polar surface area (TPSA) is 94.5 Å². The molecule has 162 valence electrons. The second kappa shape index (κ2) is 9.67. The molecule has 1 fully saturated rings. The van der Waals surface area contributed by atoms with Gasteiger partial charge in [-0.15, -0.1) is 0 Å². The van der Waals surface area contributed by atoms with Crippen molar-refractivity contribution >= 4 is 11.9 Å². The van der Waals surface area contributed by atoms with Gasteiger partial charge in [-0.05, 0) is 37.5 Å². The van der Waals surface area contributed by atoms with Gasteiger partial charge in [-0.3, -0.25) is 0 Å². The van der Waals surface area contributed by atoms with E-state index in [1.807, 2.05) is 0 Å². The maximum absolute atomic E-state index is 12.7. The summed E-state index contributed by atoms with van der Waals surface area (Å²) in [5, 5.41) is 10.0. The number of ether oxygens (including phenoxy) is 4. The van der Waals surface area contributed by atoms with Crippen molar-refractivity contribution < 1.29 is 33.6 Å². The molecular formula is C22H27NO7. The highest BCUT2D eigenvalue weighted by Gasteiger charge is 2.36. The summed E-state index contributed by atoms with van der Waals surface area (Å²) in [6, 6.07) is 4.74. The Kier molecular flexibility index (Phi) is 6.99. The van der Waals surface area contributed by atoms with Crippen LogP contribution >= 0.6 is 0 Å². The predicted molar refractivity (Wildman–Crippen MR) is 108 cm³/mol. The Bertz CT molecular complexity index is 821. The average molecular weight is 417 g/mol. The van der Waals surface area contributed by atoms with Crippen LogP contribution in [0.5, 0.6) is 11.5 Å². The summed E-state index contributed by atoms with van der Waals surface area (Å²) in [6.45, 7) is 3.37. The van der Waals surface area contributed by atoms with Crippen LogP contribution in [0.2, 0.25) is 0 Å². The van der Waals surface area contributed by atoms with E-state index in [0.29, 0.717) is 25.3 Å². The Morgan fingerprint density at radius 1 is 1.17 bits per heavy atom. The Morgan fingerprint density at radius 2 is 1.83 bits per heavy atom. The number of hydrogen-bond donors (Lipinski definition) is 1. The molecule has 8 heteroatoms. The van der Waals surface area contributed by atoms with Crippen molar-refractivity contribution in [2.45, 2.75) is 31.8 Å². The standard InChI is InChI=1S/C22H27NO7/c1-4-29-19-10-14(7-8-18(19)24)20-16(21(25)27-2)12-23(11-15-6-5-9-30-15)13-17(20)22(26)28-3/h7-8,10,12-13,15,20,24H,4-6,9,11H2,1-3H3. The third kappa shape index (κ3) is 4.59. The first-order valence-corrected chi connectivity index (χ1v) is 9.91. The fourth-order valence-electron chi connectivity index (χ4n) is 3.76. The smallest absolute Gasteiger partial charge is 0.336 e. The van der Waals surface area contributed by atoms with E-state index in [9.17, 15) is 14.7 Å². The predicted octanol–water partition coefficient (Wildman–Crippen LogP) is 2.48. The van der Waals surface area contributed by atoms with E-state index in [2.05, 4.69) is 0 Å². The van der Waals surface area contributed by atoms with Crippen LogP contribution in [0.3, 0.4) is 0 Å². The van der Waals surface area contributed by atoms with Crippen LogP contribution in [0.25, 0.3) is 0 Å². The second-order valence-corrected chi connectivity index (χ2v) is 7.08. The molecule has 2 aliphatic rings. The van der Waals surface area contributed by atoms with Crippen LogP contribution in [0.1, 0.15) is 31.2 Å². The minimum atomic E-state index is -0.731. The number of aromatic hydroxyl groups is 1. The lowest BCUT2D eigenvalue weighted by Crippen LogP contribution is -2.32. The summed E-state index contributed by atoms with van der Waals surface area (Å²) in [5.74, 6) is -1.60. The zero-order valence-electron chi connectivity index (χ0n) is 17.4. The molecule has 8 nitrogen and oxygen atoms in total. The highest BCUT2D eigenvalue weighted by atomic mass is 16.5. The number of benzene rings is 1. The van der Waals surface area contributed by atoms with E-state index < -0.39 is 17.9 Å². The van der Waals surface area contributed by atoms with Crippen LogP contribution in [0.15, 0.2) is 41.7 Å². The molecule has 3 rings (SSSR count). The van der Waals surface area contributed by atoms with Crippen molar-refractivity contribution in [1.82, 2.24) is 4.90 Å². The number of carbonyl (C=O) groups is 2. The molecule has 0 aromatic heterocycles. The Morgan fingerprint density at radius 3 is 2.37 bits per heavy atom. The third-order valence-corrected chi connectivity index (χ3v) is 5.13. The lowest BCUT2D eigenvalue weighted by Gasteiger charge is -2.31. The molecule has 2 aliphatic heterocycles. The maximum atomic E-state index is 12.7. The van der Waals surface area contributed by atoms with Crippen molar-refractivity contribution in [3.05, 3.63) is 47.3 Å². The summed E-state index contributed by atoms with van der Waals surface area (Å²) in [4.78, 5) is 27.1. The van der Waals surface area contributed by atoms with E-state index in [1.165, 1.54) is 20.3 Å². The van der Waals surface area contributed by atoms with Gasteiger partial charge in [-0.2, -0.15) is 0 Å². The fourth-order valence-corrected chi connectivity index (χ4v) is 3.76. The first-order chi connectivity index (χ1) is 14.5. The van der Waals surface area contributed by atoms with Gasteiger partial charge in [0.25, 0.3) is 0 Å². The average Bonchev–Trinajstić information content (AvgIpc) is 3.26. The number of hydrogen-bond acceptors (Lipinski definition) is 8. The summed E-state index contributed by atoms with van der Waals surface area (Å²) in [6.07, 6.45) is 5.27. The van der Waals surface area contributed by atoms with Gasteiger partial charge in [-0.25, -0.2) is 9.59 Å². The molecule has 0 bridgehead atoms. The zero-order valence-corrected chi connectivity index (χ0v) is 17.4. The van der Waals surface area contributed by atoms with Gasteiger partial charge >= 0.3 is 11.9 Å². The Labute approximate surface area is 175 Å². The molecule has 30 heavy (non-hydrogen) atoms. The number of phenolic OH excluding ortho intramolecular Hbond substituents is 1. The summed E-state index contributed by atoms with van der Waals surface area (Å²) >= 11 is 0. The second-order valence-electron chi connectivity index (χ2n) is 7.08. The molecule has 0 saturated carbocycles. The number of carbonyl (C=O) groups excluding carboxylic acids is 2. The van der Waals surface area contributed by atoms with E-state index >= 15 is 0 Å². The molecular weight excluding hydrogens is 390 g/mol. The molecule has 1 atom stereocenters. The molecule has 0 amide bonds. The Hall–Kier alpha value is -3.00. The van der Waals surface area contributed by atoms with Crippen LogP contribution in [0, 0.1) is 0 Å². The third-order valence-electron chi connectivity index (χ3n) is 5.13. The molecule has 1 N–H and O–H groups in total. The number of rotatable bonds is 7. The van der Waals surface area contributed by atoms with Crippen LogP contribution < -0.4 is 4.74 Å². The normalized spacial score (nSPS) is 19.2. The van der Waals surface area contributed by atoms with Gasteiger partial charge in [0.05, 0.1) is 44.0 Å². The lowest BCUT2D eigenvalue weighted by molar-refractivity contribution is -0.137. The van der Waals surface area contributed by atoms with Crippen molar-refractivity contribution in [3.63, 3.8) is 0 Å². The van der Waals surface area contributed by atoms with Crippen molar-refractivity contribution in [2.24, 2.45) is 0 Å².